The molecule has 1 aromatic heterocycles. The van der Waals surface area contributed by atoms with Gasteiger partial charge in [-0.25, -0.2) is 4.98 Å². The first kappa shape index (κ1) is 14.6. The van der Waals surface area contributed by atoms with Crippen LogP contribution in [0.4, 0.5) is 11.8 Å². The number of halogens is 1. The summed E-state index contributed by atoms with van der Waals surface area (Å²) in [6.45, 7) is 7.55. The van der Waals surface area contributed by atoms with Gasteiger partial charge in [0, 0.05) is 18.8 Å². The van der Waals surface area contributed by atoms with Gasteiger partial charge >= 0.3 is 0 Å². The van der Waals surface area contributed by atoms with Gasteiger partial charge in [0.25, 0.3) is 0 Å². The van der Waals surface area contributed by atoms with Crippen molar-refractivity contribution in [2.75, 3.05) is 17.2 Å². The van der Waals surface area contributed by atoms with Gasteiger partial charge in [-0.3, -0.25) is 0 Å². The Morgan fingerprint density at radius 3 is 2.84 bits per heavy atom. The molecule has 1 fully saturated rings. The average molecular weight is 327 g/mol. The van der Waals surface area contributed by atoms with E-state index in [1.807, 2.05) is 13.1 Å². The summed E-state index contributed by atoms with van der Waals surface area (Å²) in [5, 5.41) is 6.73. The minimum absolute atomic E-state index is 0.511. The Kier molecular flexibility index (Phi) is 5.02. The van der Waals surface area contributed by atoms with Crippen molar-refractivity contribution in [1.82, 2.24) is 9.97 Å². The van der Waals surface area contributed by atoms with Gasteiger partial charge in [0.15, 0.2) is 0 Å². The summed E-state index contributed by atoms with van der Waals surface area (Å²) < 4.78 is 0.931. The Labute approximate surface area is 123 Å². The van der Waals surface area contributed by atoms with Crippen LogP contribution in [0, 0.1) is 11.8 Å². The van der Waals surface area contributed by atoms with Crippen LogP contribution in [0.25, 0.3) is 0 Å². The normalized spacial score (nSPS) is 27.1. The Balaban J connectivity index is 2.07. The predicted molar refractivity (Wildman–Crippen MR) is 83.5 cm³/mol. The molecule has 0 radical (unpaired) electrons. The molecule has 1 aliphatic carbocycles. The van der Waals surface area contributed by atoms with Crippen molar-refractivity contribution in [1.29, 1.82) is 0 Å². The van der Waals surface area contributed by atoms with E-state index < -0.39 is 0 Å². The molecule has 5 heteroatoms. The first-order chi connectivity index (χ1) is 9.10. The van der Waals surface area contributed by atoms with Crippen molar-refractivity contribution >= 4 is 27.7 Å². The van der Waals surface area contributed by atoms with Gasteiger partial charge in [0.05, 0.1) is 4.47 Å². The molecule has 1 heterocycles. The molecule has 2 rings (SSSR count). The van der Waals surface area contributed by atoms with E-state index in [-0.39, 0.29) is 0 Å². The van der Waals surface area contributed by atoms with E-state index in [4.69, 9.17) is 0 Å². The molecule has 1 aliphatic rings. The lowest BCUT2D eigenvalue weighted by Gasteiger charge is -2.33. The third-order valence-corrected chi connectivity index (χ3v) is 4.41. The Hall–Kier alpha value is -0.840. The molecular weight excluding hydrogens is 304 g/mol. The lowest BCUT2D eigenvalue weighted by atomic mass is 9.80. The summed E-state index contributed by atoms with van der Waals surface area (Å²) in [7, 11) is 0. The number of aromatic nitrogens is 2. The van der Waals surface area contributed by atoms with Crippen LogP contribution >= 0.6 is 15.9 Å². The van der Waals surface area contributed by atoms with E-state index in [0.29, 0.717) is 17.9 Å². The van der Waals surface area contributed by atoms with Gasteiger partial charge in [0.1, 0.15) is 5.82 Å². The van der Waals surface area contributed by atoms with E-state index in [1.54, 1.807) is 0 Å². The summed E-state index contributed by atoms with van der Waals surface area (Å²) in [5.74, 6) is 3.12. The molecule has 1 saturated carbocycles. The van der Waals surface area contributed by atoms with Crippen LogP contribution in [0.5, 0.6) is 0 Å². The number of nitrogens with zero attached hydrogens (tertiary/aromatic N) is 2. The van der Waals surface area contributed by atoms with Crippen molar-refractivity contribution in [2.45, 2.75) is 46.1 Å². The smallest absolute Gasteiger partial charge is 0.224 e. The molecular formula is C14H23BrN4. The molecule has 1 aromatic rings. The third-order valence-electron chi connectivity index (χ3n) is 3.83. The predicted octanol–water partition coefficient (Wildman–Crippen LogP) is 3.91. The summed E-state index contributed by atoms with van der Waals surface area (Å²) in [5.41, 5.74) is 0. The highest BCUT2D eigenvalue weighted by Gasteiger charge is 2.26. The standard InChI is InChI=1S/C14H23BrN4/c1-4-16-14-17-8-11(15)13(19-14)18-12-6-5-9(2)7-10(12)3/h8-10,12H,4-7H2,1-3H3,(H2,16,17,18,19). The van der Waals surface area contributed by atoms with Crippen LogP contribution in [0.1, 0.15) is 40.0 Å². The Bertz CT molecular complexity index is 424. The number of rotatable bonds is 4. The van der Waals surface area contributed by atoms with Crippen LogP contribution in [0.15, 0.2) is 10.7 Å². The summed E-state index contributed by atoms with van der Waals surface area (Å²) >= 11 is 3.52. The summed E-state index contributed by atoms with van der Waals surface area (Å²) in [4.78, 5) is 8.77. The minimum Gasteiger partial charge on any atom is -0.366 e. The summed E-state index contributed by atoms with van der Waals surface area (Å²) in [6, 6.07) is 0.511. The zero-order chi connectivity index (χ0) is 13.8. The van der Waals surface area contributed by atoms with Crippen molar-refractivity contribution in [3.05, 3.63) is 10.7 Å². The molecule has 3 unspecified atom stereocenters. The van der Waals surface area contributed by atoms with Gasteiger partial charge in [0.2, 0.25) is 5.95 Å². The number of hydrogen-bond acceptors (Lipinski definition) is 4. The first-order valence-corrected chi connectivity index (χ1v) is 7.92. The van der Waals surface area contributed by atoms with Crippen molar-refractivity contribution in [3.63, 3.8) is 0 Å². The molecule has 19 heavy (non-hydrogen) atoms. The first-order valence-electron chi connectivity index (χ1n) is 7.13. The van der Waals surface area contributed by atoms with Crippen molar-refractivity contribution in [2.24, 2.45) is 11.8 Å². The fourth-order valence-corrected chi connectivity index (χ4v) is 3.07. The van der Waals surface area contributed by atoms with Crippen LogP contribution < -0.4 is 10.6 Å². The van der Waals surface area contributed by atoms with Crippen LogP contribution in [0.2, 0.25) is 0 Å². The number of nitrogens with one attached hydrogen (secondary N) is 2. The van der Waals surface area contributed by atoms with Crippen LogP contribution in [-0.4, -0.2) is 22.6 Å². The van der Waals surface area contributed by atoms with Gasteiger partial charge in [-0.1, -0.05) is 13.8 Å². The molecule has 0 aromatic carbocycles. The molecule has 0 aliphatic heterocycles. The van der Waals surface area contributed by atoms with E-state index in [0.717, 1.165) is 22.8 Å². The SMILES string of the molecule is CCNc1ncc(Br)c(NC2CCC(C)CC2C)n1. The molecule has 0 amide bonds. The minimum atomic E-state index is 0.511. The van der Waals surface area contributed by atoms with Gasteiger partial charge in [-0.2, -0.15) is 4.98 Å². The maximum Gasteiger partial charge on any atom is 0.224 e. The maximum absolute atomic E-state index is 4.53. The molecule has 0 bridgehead atoms. The second-order valence-electron chi connectivity index (χ2n) is 5.57. The zero-order valence-corrected chi connectivity index (χ0v) is 13.5. The fourth-order valence-electron chi connectivity index (χ4n) is 2.77. The Morgan fingerprint density at radius 1 is 1.37 bits per heavy atom. The average Bonchev–Trinajstić information content (AvgIpc) is 2.37. The molecule has 0 saturated heterocycles. The lowest BCUT2D eigenvalue weighted by molar-refractivity contribution is 0.276. The molecule has 106 valence electrons. The second-order valence-corrected chi connectivity index (χ2v) is 6.42. The topological polar surface area (TPSA) is 49.8 Å². The van der Waals surface area contributed by atoms with Crippen molar-refractivity contribution < 1.29 is 0 Å². The molecule has 3 atom stereocenters. The lowest BCUT2D eigenvalue weighted by Crippen LogP contribution is -2.33. The third kappa shape index (κ3) is 3.81. The molecule has 0 spiro atoms. The maximum atomic E-state index is 4.53. The second kappa shape index (κ2) is 6.55. The number of anilines is 2. The van der Waals surface area contributed by atoms with Crippen molar-refractivity contribution in [3.8, 4) is 0 Å². The van der Waals surface area contributed by atoms with Gasteiger partial charge in [-0.05, 0) is 54.0 Å². The quantitative estimate of drug-likeness (QED) is 0.880. The highest BCUT2D eigenvalue weighted by molar-refractivity contribution is 9.10. The molecule has 4 nitrogen and oxygen atoms in total. The van der Waals surface area contributed by atoms with Crippen LogP contribution in [0.3, 0.4) is 0 Å². The number of hydrogen-bond donors (Lipinski definition) is 2. The van der Waals surface area contributed by atoms with Crippen LogP contribution in [-0.2, 0) is 0 Å². The zero-order valence-electron chi connectivity index (χ0n) is 11.9. The van der Waals surface area contributed by atoms with Gasteiger partial charge < -0.3 is 10.6 Å². The van der Waals surface area contributed by atoms with Gasteiger partial charge in [-0.15, -0.1) is 0 Å². The monoisotopic (exact) mass is 326 g/mol. The van der Waals surface area contributed by atoms with E-state index in [1.165, 1.54) is 19.3 Å². The summed E-state index contributed by atoms with van der Waals surface area (Å²) in [6.07, 6.45) is 5.62. The van der Waals surface area contributed by atoms with E-state index >= 15 is 0 Å². The van der Waals surface area contributed by atoms with E-state index in [2.05, 4.69) is 50.4 Å². The molecule has 2 N–H and O–H groups in total. The highest BCUT2D eigenvalue weighted by Crippen LogP contribution is 2.32. The highest BCUT2D eigenvalue weighted by atomic mass is 79.9. The largest absolute Gasteiger partial charge is 0.366 e. The van der Waals surface area contributed by atoms with E-state index in [9.17, 15) is 0 Å². The Morgan fingerprint density at radius 2 is 2.16 bits per heavy atom. The fraction of sp³-hybridized carbons (Fsp3) is 0.714.